The molecule has 0 amide bonds. The molecule has 0 unspecified atom stereocenters. The number of rotatable bonds is 1. The van der Waals surface area contributed by atoms with Gasteiger partial charge in [-0.05, 0) is 0 Å². The van der Waals surface area contributed by atoms with Crippen molar-refractivity contribution < 1.29 is 3.74 Å². The van der Waals surface area contributed by atoms with Crippen LogP contribution in [0.4, 0.5) is 0 Å². The topological polar surface area (TPSA) is 17.1 Å². The molecule has 0 fully saturated rings. The van der Waals surface area contributed by atoms with E-state index in [9.17, 15) is 3.74 Å². The monoisotopic (exact) mass is 188 g/mol. The van der Waals surface area contributed by atoms with E-state index in [1.165, 1.54) is 0 Å². The summed E-state index contributed by atoms with van der Waals surface area (Å²) in [6.07, 6.45) is 0. The van der Waals surface area contributed by atoms with Crippen LogP contribution < -0.4 is 0 Å². The fourth-order valence-electron chi connectivity index (χ4n) is 0. The van der Waals surface area contributed by atoms with Crippen LogP contribution in [0.2, 0.25) is 0 Å². The molecule has 0 aromatic rings. The van der Waals surface area contributed by atoms with Crippen molar-refractivity contribution in [1.29, 1.82) is 0 Å². The normalized spacial score (nSPS) is 11.0. The van der Waals surface area contributed by atoms with E-state index in [-0.39, 0.29) is 0 Å². The molecule has 0 rings (SSSR count). The van der Waals surface area contributed by atoms with Gasteiger partial charge in [0.05, 0.1) is 0 Å². The zero-order chi connectivity index (χ0) is 5.21. The Kier molecular flexibility index (Phi) is 2.35. The van der Waals surface area contributed by atoms with Gasteiger partial charge >= 0.3 is 46.7 Å². The predicted molar refractivity (Wildman–Crippen MR) is 28.3 cm³/mol. The van der Waals surface area contributed by atoms with Crippen molar-refractivity contribution in [3.8, 4) is 0 Å². The molecule has 6 heavy (non-hydrogen) atoms. The maximum absolute atomic E-state index is 10.1. The fraction of sp³-hybridized carbons (Fsp3) is 0. The Hall–Kier alpha value is 0.678. The minimum atomic E-state index is -3.45. The molecular formula is C2H3AsCl2O. The quantitative estimate of drug-likeness (QED) is 0.571. The molecule has 0 aliphatic carbocycles. The Morgan fingerprint density at radius 3 is 1.83 bits per heavy atom. The summed E-state index contributed by atoms with van der Waals surface area (Å²) in [7, 11) is 9.96. The standard InChI is InChI=1S/C2H3AsCl2O/c1-2-3(4,5)6/h2H,1H2. The maximum atomic E-state index is 10.1. The summed E-state index contributed by atoms with van der Waals surface area (Å²) in [5.74, 6) is 0. The van der Waals surface area contributed by atoms with Crippen LogP contribution in [0.1, 0.15) is 0 Å². The van der Waals surface area contributed by atoms with Gasteiger partial charge in [0.15, 0.2) is 0 Å². The van der Waals surface area contributed by atoms with E-state index in [1.54, 1.807) is 0 Å². The van der Waals surface area contributed by atoms with E-state index < -0.39 is 11.6 Å². The van der Waals surface area contributed by atoms with Gasteiger partial charge in [-0.25, -0.2) is 0 Å². The van der Waals surface area contributed by atoms with Crippen molar-refractivity contribution in [3.05, 3.63) is 11.4 Å². The van der Waals surface area contributed by atoms with Crippen LogP contribution in [0.25, 0.3) is 0 Å². The molecule has 0 saturated heterocycles. The third-order valence-corrected chi connectivity index (χ3v) is 2.54. The van der Waals surface area contributed by atoms with Crippen LogP contribution in [0.5, 0.6) is 0 Å². The van der Waals surface area contributed by atoms with Crippen LogP contribution in [0, 0.1) is 0 Å². The summed E-state index contributed by atoms with van der Waals surface area (Å²) in [6, 6.07) is 0. The van der Waals surface area contributed by atoms with Crippen LogP contribution >= 0.6 is 19.9 Å². The van der Waals surface area contributed by atoms with Crippen LogP contribution in [0.3, 0.4) is 0 Å². The molecule has 0 N–H and O–H groups in total. The molecule has 36 valence electrons. The van der Waals surface area contributed by atoms with Crippen molar-refractivity contribution in [2.75, 3.05) is 0 Å². The van der Waals surface area contributed by atoms with E-state index in [2.05, 4.69) is 6.58 Å². The van der Waals surface area contributed by atoms with Crippen LogP contribution in [-0.2, 0) is 3.74 Å². The molecule has 0 aliphatic rings. The summed E-state index contributed by atoms with van der Waals surface area (Å²) in [6.45, 7) is 3.13. The van der Waals surface area contributed by atoms with Crippen molar-refractivity contribution in [3.63, 3.8) is 0 Å². The van der Waals surface area contributed by atoms with Gasteiger partial charge in [-0.2, -0.15) is 0 Å². The first-order chi connectivity index (χ1) is 2.56. The molecule has 0 atom stereocenters. The van der Waals surface area contributed by atoms with Crippen molar-refractivity contribution in [2.24, 2.45) is 0 Å². The van der Waals surface area contributed by atoms with Crippen molar-refractivity contribution >= 4 is 31.5 Å². The summed E-state index contributed by atoms with van der Waals surface area (Å²) in [4.78, 5) is 1.08. The molecular weight excluding hydrogens is 186 g/mol. The zero-order valence-corrected chi connectivity index (χ0v) is 6.28. The molecule has 0 spiro atoms. The molecule has 0 aromatic heterocycles. The van der Waals surface area contributed by atoms with E-state index in [1.807, 2.05) is 0 Å². The second-order valence-electron chi connectivity index (χ2n) is 0.685. The Labute approximate surface area is 46.9 Å². The molecule has 0 bridgehead atoms. The summed E-state index contributed by atoms with van der Waals surface area (Å²) in [5, 5.41) is 0. The average Bonchev–Trinajstić information content (AvgIpc) is 1.35. The number of hydrogen-bond acceptors (Lipinski definition) is 1. The Balaban J connectivity index is 3.81. The second kappa shape index (κ2) is 2.11. The van der Waals surface area contributed by atoms with E-state index in [4.69, 9.17) is 19.9 Å². The Morgan fingerprint density at radius 1 is 1.67 bits per heavy atom. The summed E-state index contributed by atoms with van der Waals surface area (Å²) < 4.78 is 10.1. The zero-order valence-electron chi connectivity index (χ0n) is 2.90. The van der Waals surface area contributed by atoms with E-state index >= 15 is 0 Å². The summed E-state index contributed by atoms with van der Waals surface area (Å²) >= 11 is -3.45. The minimum absolute atomic E-state index is 1.08. The molecule has 4 heteroatoms. The van der Waals surface area contributed by atoms with Gasteiger partial charge in [-0.3, -0.25) is 0 Å². The van der Waals surface area contributed by atoms with Gasteiger partial charge in [0.1, 0.15) is 0 Å². The van der Waals surface area contributed by atoms with Gasteiger partial charge in [0.25, 0.3) is 0 Å². The first kappa shape index (κ1) is 6.68. The number of hydrogen-bond donors (Lipinski definition) is 0. The Bertz CT molecular complexity index is 93.7. The summed E-state index contributed by atoms with van der Waals surface area (Å²) in [5.41, 5.74) is 0. The molecule has 0 saturated carbocycles. The van der Waals surface area contributed by atoms with E-state index in [0.717, 1.165) is 4.86 Å². The van der Waals surface area contributed by atoms with Gasteiger partial charge in [0, 0.05) is 0 Å². The number of halogens is 2. The third-order valence-electron chi connectivity index (χ3n) is 0.213. The van der Waals surface area contributed by atoms with Gasteiger partial charge < -0.3 is 0 Å². The van der Waals surface area contributed by atoms with Crippen molar-refractivity contribution in [1.82, 2.24) is 0 Å². The van der Waals surface area contributed by atoms with Gasteiger partial charge in [-0.15, -0.1) is 0 Å². The molecule has 0 heterocycles. The van der Waals surface area contributed by atoms with E-state index in [0.29, 0.717) is 0 Å². The van der Waals surface area contributed by atoms with Crippen LogP contribution in [0.15, 0.2) is 11.4 Å². The third kappa shape index (κ3) is 4.68. The molecule has 1 nitrogen and oxygen atoms in total. The van der Waals surface area contributed by atoms with Gasteiger partial charge in [-0.1, -0.05) is 0 Å². The first-order valence-corrected chi connectivity index (χ1v) is 7.97. The van der Waals surface area contributed by atoms with Gasteiger partial charge in [0.2, 0.25) is 0 Å². The second-order valence-corrected chi connectivity index (χ2v) is 9.68. The molecule has 0 aliphatic heterocycles. The fourth-order valence-corrected chi connectivity index (χ4v) is 0. The van der Waals surface area contributed by atoms with Crippen molar-refractivity contribution in [2.45, 2.75) is 0 Å². The first-order valence-electron chi connectivity index (χ1n) is 1.19. The molecule has 0 radical (unpaired) electrons. The average molecular weight is 189 g/mol. The van der Waals surface area contributed by atoms with Crippen LogP contribution in [-0.4, -0.2) is 11.6 Å². The Morgan fingerprint density at radius 2 is 1.83 bits per heavy atom. The SMILES string of the molecule is C=C[As](=O)(Cl)Cl. The molecule has 0 aromatic carbocycles. The predicted octanol–water partition coefficient (Wildman–Crippen LogP) is 1.56.